The van der Waals surface area contributed by atoms with Crippen molar-refractivity contribution in [3.8, 4) is 0 Å². The van der Waals surface area contributed by atoms with Crippen LogP contribution in [0.2, 0.25) is 0 Å². The van der Waals surface area contributed by atoms with Gasteiger partial charge in [0.15, 0.2) is 0 Å². The maximum absolute atomic E-state index is 12.2. The number of hydrogen-bond acceptors (Lipinski definition) is 6. The van der Waals surface area contributed by atoms with Gasteiger partial charge in [-0.1, -0.05) is 48.0 Å². The van der Waals surface area contributed by atoms with Gasteiger partial charge < -0.3 is 0 Å². The molecule has 0 aliphatic carbocycles. The summed E-state index contributed by atoms with van der Waals surface area (Å²) in [6.07, 6.45) is 0. The Bertz CT molecular complexity index is 400. The summed E-state index contributed by atoms with van der Waals surface area (Å²) in [6, 6.07) is 0. The molecule has 2 heterocycles. The molecule has 0 saturated carbocycles. The summed E-state index contributed by atoms with van der Waals surface area (Å²) >= 11 is 12.9. The SMILES string of the molecule is CCN1C(=O)[C@H]([C@H]2SC(=S)N(CC)C2=O)SC1=S. The van der Waals surface area contributed by atoms with Crippen LogP contribution in [0.15, 0.2) is 0 Å². The third-order valence-corrected chi connectivity index (χ3v) is 6.31. The molecule has 0 N–H and O–H groups in total. The Morgan fingerprint density at radius 2 is 1.28 bits per heavy atom. The Hall–Kier alpha value is -0.180. The van der Waals surface area contributed by atoms with E-state index < -0.39 is 10.5 Å². The Balaban J connectivity index is 2.20. The second-order valence-electron chi connectivity index (χ2n) is 3.77. The van der Waals surface area contributed by atoms with Crippen molar-refractivity contribution in [2.45, 2.75) is 24.3 Å². The van der Waals surface area contributed by atoms with Crippen LogP contribution in [-0.4, -0.2) is 53.8 Å². The number of carbonyl (C=O) groups excluding carboxylic acids is 2. The van der Waals surface area contributed by atoms with E-state index in [1.807, 2.05) is 13.8 Å². The molecule has 0 aromatic heterocycles. The van der Waals surface area contributed by atoms with E-state index >= 15 is 0 Å². The van der Waals surface area contributed by atoms with Crippen LogP contribution in [-0.2, 0) is 9.59 Å². The normalized spacial score (nSPS) is 28.8. The van der Waals surface area contributed by atoms with Gasteiger partial charge in [-0.15, -0.1) is 0 Å². The largest absolute Gasteiger partial charge is 0.297 e. The molecule has 18 heavy (non-hydrogen) atoms. The fourth-order valence-corrected chi connectivity index (χ4v) is 5.34. The van der Waals surface area contributed by atoms with E-state index in [0.29, 0.717) is 21.7 Å². The van der Waals surface area contributed by atoms with Crippen molar-refractivity contribution in [2.24, 2.45) is 0 Å². The summed E-state index contributed by atoms with van der Waals surface area (Å²) in [6.45, 7) is 4.85. The van der Waals surface area contributed by atoms with Gasteiger partial charge in [-0.25, -0.2) is 0 Å². The Morgan fingerprint density at radius 3 is 1.50 bits per heavy atom. The molecule has 4 nitrogen and oxygen atoms in total. The van der Waals surface area contributed by atoms with Crippen molar-refractivity contribution in [1.29, 1.82) is 0 Å². The molecule has 98 valence electrons. The van der Waals surface area contributed by atoms with Gasteiger partial charge in [0, 0.05) is 13.1 Å². The topological polar surface area (TPSA) is 40.6 Å². The number of rotatable bonds is 3. The smallest absolute Gasteiger partial charge is 0.243 e. The van der Waals surface area contributed by atoms with Gasteiger partial charge in [0.2, 0.25) is 11.8 Å². The summed E-state index contributed by atoms with van der Waals surface area (Å²) in [4.78, 5) is 27.4. The molecule has 8 heteroatoms. The van der Waals surface area contributed by atoms with Gasteiger partial charge in [0.25, 0.3) is 0 Å². The maximum Gasteiger partial charge on any atom is 0.243 e. The van der Waals surface area contributed by atoms with Crippen molar-refractivity contribution in [3.63, 3.8) is 0 Å². The molecular weight excluding hydrogens is 308 g/mol. The summed E-state index contributed by atoms with van der Waals surface area (Å²) in [5, 5.41) is -0.853. The summed E-state index contributed by atoms with van der Waals surface area (Å²) in [5.74, 6) is -0.141. The van der Waals surface area contributed by atoms with E-state index in [2.05, 4.69) is 0 Å². The molecule has 2 rings (SSSR count). The Kier molecular flexibility index (Phi) is 4.30. The maximum atomic E-state index is 12.2. The first-order valence-electron chi connectivity index (χ1n) is 5.55. The fourth-order valence-electron chi connectivity index (χ4n) is 1.88. The minimum Gasteiger partial charge on any atom is -0.297 e. The predicted molar refractivity (Wildman–Crippen MR) is 82.7 cm³/mol. The van der Waals surface area contributed by atoms with E-state index in [1.165, 1.54) is 23.5 Å². The fraction of sp³-hybridized carbons (Fsp3) is 0.600. The highest BCUT2D eigenvalue weighted by molar-refractivity contribution is 8.27. The van der Waals surface area contributed by atoms with Crippen molar-refractivity contribution in [2.75, 3.05) is 13.1 Å². The number of amides is 2. The Morgan fingerprint density at radius 1 is 0.944 bits per heavy atom. The van der Waals surface area contributed by atoms with E-state index in [-0.39, 0.29) is 11.8 Å². The molecule has 0 aromatic rings. The average Bonchev–Trinajstić information content (AvgIpc) is 2.76. The molecule has 0 unspecified atom stereocenters. The van der Waals surface area contributed by atoms with E-state index in [1.54, 1.807) is 9.80 Å². The van der Waals surface area contributed by atoms with Crippen LogP contribution in [0.4, 0.5) is 0 Å². The molecule has 0 radical (unpaired) electrons. The van der Waals surface area contributed by atoms with Gasteiger partial charge in [0.05, 0.1) is 0 Å². The molecule has 2 saturated heterocycles. The lowest BCUT2D eigenvalue weighted by Gasteiger charge is -2.15. The zero-order valence-electron chi connectivity index (χ0n) is 9.91. The van der Waals surface area contributed by atoms with Crippen LogP contribution < -0.4 is 0 Å². The zero-order chi connectivity index (χ0) is 13.4. The molecule has 2 aliphatic heterocycles. The van der Waals surface area contributed by atoms with E-state index in [9.17, 15) is 9.59 Å². The lowest BCUT2D eigenvalue weighted by Crippen LogP contribution is -2.40. The van der Waals surface area contributed by atoms with Crippen LogP contribution in [0.5, 0.6) is 0 Å². The second kappa shape index (κ2) is 5.44. The van der Waals surface area contributed by atoms with E-state index in [0.717, 1.165) is 0 Å². The third kappa shape index (κ3) is 2.19. The van der Waals surface area contributed by atoms with Crippen molar-refractivity contribution < 1.29 is 9.59 Å². The first-order valence-corrected chi connectivity index (χ1v) is 8.12. The minimum absolute atomic E-state index is 0.0703. The van der Waals surface area contributed by atoms with Crippen molar-refractivity contribution >= 4 is 68.4 Å². The highest BCUT2D eigenvalue weighted by Crippen LogP contribution is 2.39. The molecular formula is C10H12N2O2S4. The van der Waals surface area contributed by atoms with Crippen LogP contribution in [0, 0.1) is 0 Å². The summed E-state index contributed by atoms with van der Waals surface area (Å²) < 4.78 is 1.11. The summed E-state index contributed by atoms with van der Waals surface area (Å²) in [5.41, 5.74) is 0. The molecule has 0 spiro atoms. The van der Waals surface area contributed by atoms with Gasteiger partial charge in [0.1, 0.15) is 19.1 Å². The number of thiocarbonyl (C=S) groups is 2. The number of nitrogens with zero attached hydrogens (tertiary/aromatic N) is 2. The first-order chi connectivity index (χ1) is 8.51. The van der Waals surface area contributed by atoms with Crippen LogP contribution in [0.25, 0.3) is 0 Å². The Labute approximate surface area is 125 Å². The molecule has 2 aliphatic rings. The minimum atomic E-state index is -0.426. The first kappa shape index (κ1) is 14.2. The predicted octanol–water partition coefficient (Wildman–Crippen LogP) is 1.48. The van der Waals surface area contributed by atoms with Gasteiger partial charge >= 0.3 is 0 Å². The number of thioether (sulfide) groups is 2. The van der Waals surface area contributed by atoms with Crippen LogP contribution in [0.3, 0.4) is 0 Å². The van der Waals surface area contributed by atoms with Crippen LogP contribution >= 0.6 is 48.0 Å². The molecule has 0 bridgehead atoms. The lowest BCUT2D eigenvalue weighted by atomic mass is 10.2. The lowest BCUT2D eigenvalue weighted by molar-refractivity contribution is -0.130. The standard InChI is InChI=1S/C10H12N2O2S4/c1-3-11-7(13)5(17-9(11)15)6-8(14)12(4-2)10(16)18-6/h5-6H,3-4H2,1-2H3/t5-,6+. The number of carbonyl (C=O) groups is 2. The molecule has 0 aromatic carbocycles. The molecule has 2 amide bonds. The average molecular weight is 320 g/mol. The van der Waals surface area contributed by atoms with Gasteiger partial charge in [-0.3, -0.25) is 19.4 Å². The molecule has 2 atom stereocenters. The zero-order valence-corrected chi connectivity index (χ0v) is 13.2. The second-order valence-corrected chi connectivity index (χ2v) is 7.32. The van der Waals surface area contributed by atoms with E-state index in [4.69, 9.17) is 24.4 Å². The summed E-state index contributed by atoms with van der Waals surface area (Å²) in [7, 11) is 0. The highest BCUT2D eigenvalue weighted by atomic mass is 32.2. The van der Waals surface area contributed by atoms with Crippen LogP contribution in [0.1, 0.15) is 13.8 Å². The van der Waals surface area contributed by atoms with Crippen molar-refractivity contribution in [3.05, 3.63) is 0 Å². The van der Waals surface area contributed by atoms with Gasteiger partial charge in [-0.2, -0.15) is 0 Å². The quantitative estimate of drug-likeness (QED) is 0.734. The molecule has 2 fully saturated rings. The monoisotopic (exact) mass is 320 g/mol. The van der Waals surface area contributed by atoms with Gasteiger partial charge in [-0.05, 0) is 13.8 Å². The number of hydrogen-bond donors (Lipinski definition) is 0. The highest BCUT2D eigenvalue weighted by Gasteiger charge is 2.49. The van der Waals surface area contributed by atoms with Crippen molar-refractivity contribution in [1.82, 2.24) is 9.80 Å². The third-order valence-electron chi connectivity index (χ3n) is 2.82.